The molecule has 0 aliphatic carbocycles. The SMILES string of the molecule is CC(NC(=O)Nc1ccc2ncccc2c1)C(C)C(=O)O. The van der Waals surface area contributed by atoms with E-state index in [0.717, 1.165) is 10.9 Å². The van der Waals surface area contributed by atoms with Gasteiger partial charge in [-0.15, -0.1) is 0 Å². The first-order valence-electron chi connectivity index (χ1n) is 6.62. The lowest BCUT2D eigenvalue weighted by Gasteiger charge is -2.18. The molecule has 2 unspecified atom stereocenters. The van der Waals surface area contributed by atoms with E-state index in [1.807, 2.05) is 24.3 Å². The predicted molar refractivity (Wildman–Crippen MR) is 80.2 cm³/mol. The second-order valence-electron chi connectivity index (χ2n) is 4.92. The summed E-state index contributed by atoms with van der Waals surface area (Å²) in [5.74, 6) is -1.60. The molecule has 21 heavy (non-hydrogen) atoms. The molecule has 6 nitrogen and oxygen atoms in total. The molecule has 0 saturated carbocycles. The van der Waals surface area contributed by atoms with Crippen molar-refractivity contribution >= 4 is 28.6 Å². The van der Waals surface area contributed by atoms with E-state index in [2.05, 4.69) is 15.6 Å². The van der Waals surface area contributed by atoms with Crippen LogP contribution in [0.15, 0.2) is 36.5 Å². The lowest BCUT2D eigenvalue weighted by molar-refractivity contribution is -0.141. The van der Waals surface area contributed by atoms with Gasteiger partial charge in [-0.3, -0.25) is 9.78 Å². The number of carbonyl (C=O) groups excluding carboxylic acids is 1. The Bertz CT molecular complexity index is 672. The Kier molecular flexibility index (Phi) is 4.37. The molecule has 1 aromatic carbocycles. The molecule has 1 heterocycles. The molecule has 0 aliphatic rings. The van der Waals surface area contributed by atoms with Crippen molar-refractivity contribution in [3.63, 3.8) is 0 Å². The summed E-state index contributed by atoms with van der Waals surface area (Å²) in [5.41, 5.74) is 1.47. The summed E-state index contributed by atoms with van der Waals surface area (Å²) >= 11 is 0. The van der Waals surface area contributed by atoms with Gasteiger partial charge < -0.3 is 15.7 Å². The summed E-state index contributed by atoms with van der Waals surface area (Å²) in [6.07, 6.45) is 1.71. The van der Waals surface area contributed by atoms with Gasteiger partial charge in [0.15, 0.2) is 0 Å². The van der Waals surface area contributed by atoms with Crippen molar-refractivity contribution in [1.82, 2.24) is 10.3 Å². The Morgan fingerprint density at radius 3 is 2.71 bits per heavy atom. The zero-order valence-electron chi connectivity index (χ0n) is 11.8. The predicted octanol–water partition coefficient (Wildman–Crippen LogP) is 2.47. The highest BCUT2D eigenvalue weighted by Crippen LogP contribution is 2.16. The number of anilines is 1. The monoisotopic (exact) mass is 287 g/mol. The third-order valence-corrected chi connectivity index (χ3v) is 3.36. The molecule has 2 rings (SSSR count). The number of nitrogens with one attached hydrogen (secondary N) is 2. The number of urea groups is 1. The standard InChI is InChI=1S/C15H17N3O3/c1-9(14(19)20)10(2)17-15(21)18-12-5-6-13-11(8-12)4-3-7-16-13/h3-10H,1-2H3,(H,19,20)(H2,17,18,21). The van der Waals surface area contributed by atoms with E-state index in [1.165, 1.54) is 0 Å². The van der Waals surface area contributed by atoms with Crippen LogP contribution in [0.25, 0.3) is 10.9 Å². The topological polar surface area (TPSA) is 91.3 Å². The van der Waals surface area contributed by atoms with E-state index in [0.29, 0.717) is 5.69 Å². The number of carboxylic acids is 1. The Morgan fingerprint density at radius 1 is 1.24 bits per heavy atom. The zero-order chi connectivity index (χ0) is 15.4. The van der Waals surface area contributed by atoms with Crippen LogP contribution < -0.4 is 10.6 Å². The molecule has 0 radical (unpaired) electrons. The second-order valence-corrected chi connectivity index (χ2v) is 4.92. The number of hydrogen-bond donors (Lipinski definition) is 3. The first kappa shape index (κ1) is 14.8. The normalized spacial score (nSPS) is 13.4. The number of fused-ring (bicyclic) bond motifs is 1. The van der Waals surface area contributed by atoms with E-state index in [9.17, 15) is 9.59 Å². The number of nitrogens with zero attached hydrogens (tertiary/aromatic N) is 1. The summed E-state index contributed by atoms with van der Waals surface area (Å²) in [4.78, 5) is 26.9. The summed E-state index contributed by atoms with van der Waals surface area (Å²) in [5, 5.41) is 15.1. The van der Waals surface area contributed by atoms with Crippen molar-refractivity contribution in [1.29, 1.82) is 0 Å². The Hall–Kier alpha value is -2.63. The van der Waals surface area contributed by atoms with Gasteiger partial charge in [-0.1, -0.05) is 6.07 Å². The highest BCUT2D eigenvalue weighted by Gasteiger charge is 2.20. The van der Waals surface area contributed by atoms with Crippen molar-refractivity contribution in [2.24, 2.45) is 5.92 Å². The molecule has 0 fully saturated rings. The number of amides is 2. The fourth-order valence-corrected chi connectivity index (χ4v) is 1.87. The maximum absolute atomic E-state index is 11.9. The molecule has 2 amide bonds. The van der Waals surface area contributed by atoms with E-state index >= 15 is 0 Å². The maximum atomic E-state index is 11.9. The van der Waals surface area contributed by atoms with Gasteiger partial charge in [0, 0.05) is 23.3 Å². The van der Waals surface area contributed by atoms with Crippen LogP contribution in [-0.2, 0) is 4.79 Å². The van der Waals surface area contributed by atoms with E-state index in [1.54, 1.807) is 26.1 Å². The fraction of sp³-hybridized carbons (Fsp3) is 0.267. The maximum Gasteiger partial charge on any atom is 0.319 e. The Labute approximate surface area is 122 Å². The van der Waals surface area contributed by atoms with Gasteiger partial charge in [-0.05, 0) is 38.1 Å². The van der Waals surface area contributed by atoms with Crippen LogP contribution in [0.1, 0.15) is 13.8 Å². The van der Waals surface area contributed by atoms with Gasteiger partial charge in [0.1, 0.15) is 0 Å². The number of carbonyl (C=O) groups is 2. The molecule has 0 aliphatic heterocycles. The third kappa shape index (κ3) is 3.68. The van der Waals surface area contributed by atoms with E-state index in [4.69, 9.17) is 5.11 Å². The smallest absolute Gasteiger partial charge is 0.319 e. The summed E-state index contributed by atoms with van der Waals surface area (Å²) in [7, 11) is 0. The molecule has 1 aromatic heterocycles. The highest BCUT2D eigenvalue weighted by atomic mass is 16.4. The van der Waals surface area contributed by atoms with Gasteiger partial charge in [0.25, 0.3) is 0 Å². The molecular weight excluding hydrogens is 270 g/mol. The average molecular weight is 287 g/mol. The number of aliphatic carboxylic acids is 1. The summed E-state index contributed by atoms with van der Waals surface area (Å²) < 4.78 is 0. The van der Waals surface area contributed by atoms with Gasteiger partial charge in [-0.25, -0.2) is 4.79 Å². The van der Waals surface area contributed by atoms with Crippen LogP contribution >= 0.6 is 0 Å². The van der Waals surface area contributed by atoms with Crippen LogP contribution in [0.5, 0.6) is 0 Å². The quantitative estimate of drug-likeness (QED) is 0.805. The number of pyridine rings is 1. The van der Waals surface area contributed by atoms with Crippen molar-refractivity contribution in [3.05, 3.63) is 36.5 Å². The van der Waals surface area contributed by atoms with Crippen molar-refractivity contribution in [3.8, 4) is 0 Å². The highest BCUT2D eigenvalue weighted by molar-refractivity contribution is 5.92. The van der Waals surface area contributed by atoms with Gasteiger partial charge in [0.2, 0.25) is 0 Å². The minimum absolute atomic E-state index is 0.432. The average Bonchev–Trinajstić information content (AvgIpc) is 2.45. The summed E-state index contributed by atoms with van der Waals surface area (Å²) in [6.45, 7) is 3.21. The van der Waals surface area contributed by atoms with Crippen LogP contribution in [0.2, 0.25) is 0 Å². The third-order valence-electron chi connectivity index (χ3n) is 3.36. The molecule has 110 valence electrons. The molecular formula is C15H17N3O3. The Balaban J connectivity index is 2.02. The fourth-order valence-electron chi connectivity index (χ4n) is 1.87. The van der Waals surface area contributed by atoms with Gasteiger partial charge in [0.05, 0.1) is 11.4 Å². The minimum atomic E-state index is -0.945. The van der Waals surface area contributed by atoms with Crippen LogP contribution in [0.4, 0.5) is 10.5 Å². The van der Waals surface area contributed by atoms with E-state index in [-0.39, 0.29) is 0 Å². The molecule has 3 N–H and O–H groups in total. The van der Waals surface area contributed by atoms with Crippen LogP contribution in [-0.4, -0.2) is 28.1 Å². The lowest BCUT2D eigenvalue weighted by atomic mass is 10.0. The molecule has 2 atom stereocenters. The zero-order valence-corrected chi connectivity index (χ0v) is 11.8. The first-order chi connectivity index (χ1) is 9.97. The minimum Gasteiger partial charge on any atom is -0.481 e. The number of aromatic nitrogens is 1. The van der Waals surface area contributed by atoms with Crippen molar-refractivity contribution < 1.29 is 14.7 Å². The molecule has 0 spiro atoms. The van der Waals surface area contributed by atoms with Gasteiger partial charge in [-0.2, -0.15) is 0 Å². The lowest BCUT2D eigenvalue weighted by Crippen LogP contribution is -2.42. The molecule has 6 heteroatoms. The Morgan fingerprint density at radius 2 is 2.00 bits per heavy atom. The second kappa shape index (κ2) is 6.21. The van der Waals surface area contributed by atoms with Crippen molar-refractivity contribution in [2.75, 3.05) is 5.32 Å². The van der Waals surface area contributed by atoms with Crippen molar-refractivity contribution in [2.45, 2.75) is 19.9 Å². The molecule has 0 bridgehead atoms. The van der Waals surface area contributed by atoms with Crippen LogP contribution in [0, 0.1) is 5.92 Å². The summed E-state index contributed by atoms with van der Waals surface area (Å²) in [6, 6.07) is 8.20. The van der Waals surface area contributed by atoms with E-state index < -0.39 is 24.0 Å². The number of carboxylic acid groups (broad SMARTS) is 1. The number of benzene rings is 1. The largest absolute Gasteiger partial charge is 0.481 e. The molecule has 0 saturated heterocycles. The molecule has 2 aromatic rings. The number of hydrogen-bond acceptors (Lipinski definition) is 3. The van der Waals surface area contributed by atoms with Crippen LogP contribution in [0.3, 0.4) is 0 Å². The first-order valence-corrected chi connectivity index (χ1v) is 6.62. The van der Waals surface area contributed by atoms with Gasteiger partial charge >= 0.3 is 12.0 Å². The number of rotatable bonds is 4.